The lowest BCUT2D eigenvalue weighted by Crippen LogP contribution is -2.03. The summed E-state index contributed by atoms with van der Waals surface area (Å²) >= 11 is 0. The van der Waals surface area contributed by atoms with Gasteiger partial charge in [-0.1, -0.05) is 43.7 Å². The van der Waals surface area contributed by atoms with Crippen LogP contribution in [-0.4, -0.2) is 10.9 Å². The minimum absolute atomic E-state index is 0.0880. The maximum absolute atomic E-state index is 11.7. The molecule has 0 amide bonds. The standard InChI is InChI=1S/C12H14O2/c1-2-6-11(9-13)12(14)10-7-4-3-5-8-10/h3-5,7-9,13H,2,6H2,1H3/b11-9-. The van der Waals surface area contributed by atoms with Crippen molar-refractivity contribution >= 4 is 5.78 Å². The van der Waals surface area contributed by atoms with Crippen LogP contribution in [0.25, 0.3) is 0 Å². The van der Waals surface area contributed by atoms with Crippen molar-refractivity contribution in [3.63, 3.8) is 0 Å². The summed E-state index contributed by atoms with van der Waals surface area (Å²) in [6.07, 6.45) is 2.38. The first-order valence-electron chi connectivity index (χ1n) is 4.72. The van der Waals surface area contributed by atoms with Crippen molar-refractivity contribution < 1.29 is 9.90 Å². The number of carbonyl (C=O) groups excluding carboxylic acids is 1. The summed E-state index contributed by atoms with van der Waals surface area (Å²) in [6.45, 7) is 1.97. The molecule has 0 atom stereocenters. The number of aliphatic hydroxyl groups is 1. The van der Waals surface area contributed by atoms with E-state index in [2.05, 4.69) is 0 Å². The fourth-order valence-electron chi connectivity index (χ4n) is 1.28. The summed E-state index contributed by atoms with van der Waals surface area (Å²) in [5.74, 6) is -0.0880. The average molecular weight is 190 g/mol. The number of hydrogen-bond acceptors (Lipinski definition) is 2. The van der Waals surface area contributed by atoms with Gasteiger partial charge in [0.1, 0.15) is 0 Å². The Morgan fingerprint density at radius 1 is 1.36 bits per heavy atom. The Kier molecular flexibility index (Phi) is 3.92. The average Bonchev–Trinajstić information content (AvgIpc) is 2.26. The van der Waals surface area contributed by atoms with Crippen LogP contribution in [-0.2, 0) is 0 Å². The largest absolute Gasteiger partial charge is 0.515 e. The normalized spacial score (nSPS) is 11.4. The van der Waals surface area contributed by atoms with E-state index in [1.54, 1.807) is 12.1 Å². The van der Waals surface area contributed by atoms with Gasteiger partial charge in [0.15, 0.2) is 5.78 Å². The minimum Gasteiger partial charge on any atom is -0.515 e. The summed E-state index contributed by atoms with van der Waals surface area (Å²) in [7, 11) is 0. The van der Waals surface area contributed by atoms with Crippen molar-refractivity contribution in [2.75, 3.05) is 0 Å². The van der Waals surface area contributed by atoms with Gasteiger partial charge in [-0.15, -0.1) is 0 Å². The molecule has 0 saturated carbocycles. The molecule has 1 aromatic carbocycles. The first-order chi connectivity index (χ1) is 6.79. The van der Waals surface area contributed by atoms with Gasteiger partial charge < -0.3 is 5.11 Å². The zero-order chi connectivity index (χ0) is 10.4. The SMILES string of the molecule is CCC/C(=C/O)C(=O)c1ccccc1. The van der Waals surface area contributed by atoms with Crippen LogP contribution in [0.2, 0.25) is 0 Å². The van der Waals surface area contributed by atoms with Crippen LogP contribution < -0.4 is 0 Å². The molecule has 0 aliphatic carbocycles. The molecule has 0 aromatic heterocycles. The van der Waals surface area contributed by atoms with Gasteiger partial charge in [-0.2, -0.15) is 0 Å². The van der Waals surface area contributed by atoms with Crippen molar-refractivity contribution in [1.29, 1.82) is 0 Å². The number of aliphatic hydroxyl groups excluding tert-OH is 1. The van der Waals surface area contributed by atoms with E-state index in [9.17, 15) is 4.79 Å². The molecule has 0 bridgehead atoms. The van der Waals surface area contributed by atoms with Gasteiger partial charge in [-0.05, 0) is 6.42 Å². The van der Waals surface area contributed by atoms with Crippen LogP contribution >= 0.6 is 0 Å². The number of benzene rings is 1. The monoisotopic (exact) mass is 190 g/mol. The number of ketones is 1. The third-order valence-electron chi connectivity index (χ3n) is 2.00. The van der Waals surface area contributed by atoms with Crippen LogP contribution in [0.1, 0.15) is 30.1 Å². The van der Waals surface area contributed by atoms with E-state index < -0.39 is 0 Å². The van der Waals surface area contributed by atoms with Gasteiger partial charge in [0.25, 0.3) is 0 Å². The van der Waals surface area contributed by atoms with Crippen LogP contribution in [0.15, 0.2) is 42.2 Å². The van der Waals surface area contributed by atoms with E-state index in [1.807, 2.05) is 25.1 Å². The van der Waals surface area contributed by atoms with Gasteiger partial charge in [-0.3, -0.25) is 4.79 Å². The molecule has 74 valence electrons. The fraction of sp³-hybridized carbons (Fsp3) is 0.250. The Hall–Kier alpha value is -1.57. The summed E-state index contributed by atoms with van der Waals surface area (Å²) < 4.78 is 0. The zero-order valence-electron chi connectivity index (χ0n) is 8.23. The molecule has 2 nitrogen and oxygen atoms in total. The Balaban J connectivity index is 2.85. The molecule has 0 aliphatic rings. The Morgan fingerprint density at radius 2 is 2.00 bits per heavy atom. The van der Waals surface area contributed by atoms with Crippen molar-refractivity contribution in [2.24, 2.45) is 0 Å². The van der Waals surface area contributed by atoms with Crippen molar-refractivity contribution in [2.45, 2.75) is 19.8 Å². The highest BCUT2D eigenvalue weighted by Crippen LogP contribution is 2.12. The van der Waals surface area contributed by atoms with Crippen LogP contribution in [0.4, 0.5) is 0 Å². The van der Waals surface area contributed by atoms with E-state index in [-0.39, 0.29) is 5.78 Å². The van der Waals surface area contributed by atoms with Crippen molar-refractivity contribution in [1.82, 2.24) is 0 Å². The van der Waals surface area contributed by atoms with Gasteiger partial charge in [0, 0.05) is 11.1 Å². The third kappa shape index (κ3) is 2.46. The molecule has 0 saturated heterocycles. The Bertz CT molecular complexity index is 325. The topological polar surface area (TPSA) is 37.3 Å². The van der Waals surface area contributed by atoms with E-state index >= 15 is 0 Å². The molecule has 1 aromatic rings. The zero-order valence-corrected chi connectivity index (χ0v) is 8.23. The fourth-order valence-corrected chi connectivity index (χ4v) is 1.28. The van der Waals surface area contributed by atoms with Crippen LogP contribution in [0.5, 0.6) is 0 Å². The number of Topliss-reactive ketones (excluding diaryl/α,β-unsaturated/α-hetero) is 1. The summed E-state index contributed by atoms with van der Waals surface area (Å²) in [6, 6.07) is 8.99. The molecule has 14 heavy (non-hydrogen) atoms. The number of rotatable bonds is 4. The smallest absolute Gasteiger partial charge is 0.192 e. The van der Waals surface area contributed by atoms with E-state index in [0.29, 0.717) is 17.6 Å². The molecular formula is C12H14O2. The number of carbonyl (C=O) groups is 1. The third-order valence-corrected chi connectivity index (χ3v) is 2.00. The molecule has 0 heterocycles. The van der Waals surface area contributed by atoms with Crippen LogP contribution in [0.3, 0.4) is 0 Å². The lowest BCUT2D eigenvalue weighted by molar-refractivity contribution is 0.102. The Labute approximate surface area is 83.9 Å². The number of hydrogen-bond donors (Lipinski definition) is 1. The maximum atomic E-state index is 11.7. The van der Waals surface area contributed by atoms with E-state index in [1.165, 1.54) is 0 Å². The van der Waals surface area contributed by atoms with Gasteiger partial charge in [0.05, 0.1) is 6.26 Å². The van der Waals surface area contributed by atoms with Crippen molar-refractivity contribution in [3.05, 3.63) is 47.7 Å². The molecule has 0 radical (unpaired) electrons. The van der Waals surface area contributed by atoms with Crippen LogP contribution in [0, 0.1) is 0 Å². The lowest BCUT2D eigenvalue weighted by atomic mass is 10.0. The first-order valence-corrected chi connectivity index (χ1v) is 4.72. The quantitative estimate of drug-likeness (QED) is 0.450. The highest BCUT2D eigenvalue weighted by Gasteiger charge is 2.10. The van der Waals surface area contributed by atoms with Gasteiger partial charge >= 0.3 is 0 Å². The predicted molar refractivity (Wildman–Crippen MR) is 56.4 cm³/mol. The summed E-state index contributed by atoms with van der Waals surface area (Å²) in [5, 5.41) is 8.91. The second kappa shape index (κ2) is 5.22. The highest BCUT2D eigenvalue weighted by atomic mass is 16.2. The number of allylic oxidation sites excluding steroid dienone is 1. The highest BCUT2D eigenvalue weighted by molar-refractivity contribution is 6.08. The summed E-state index contributed by atoms with van der Waals surface area (Å²) in [4.78, 5) is 11.7. The maximum Gasteiger partial charge on any atom is 0.192 e. The van der Waals surface area contributed by atoms with E-state index in [0.717, 1.165) is 12.7 Å². The van der Waals surface area contributed by atoms with Gasteiger partial charge in [0.2, 0.25) is 0 Å². The Morgan fingerprint density at radius 3 is 2.50 bits per heavy atom. The molecule has 0 unspecified atom stereocenters. The second-order valence-electron chi connectivity index (χ2n) is 3.10. The molecule has 2 heteroatoms. The lowest BCUT2D eigenvalue weighted by Gasteiger charge is -2.02. The molecule has 1 N–H and O–H groups in total. The first kappa shape index (κ1) is 10.5. The van der Waals surface area contributed by atoms with E-state index in [4.69, 9.17) is 5.11 Å². The van der Waals surface area contributed by atoms with Gasteiger partial charge in [-0.25, -0.2) is 0 Å². The molecule has 0 aliphatic heterocycles. The predicted octanol–water partition coefficient (Wildman–Crippen LogP) is 3.11. The van der Waals surface area contributed by atoms with Crippen molar-refractivity contribution in [3.8, 4) is 0 Å². The molecular weight excluding hydrogens is 176 g/mol. The second-order valence-corrected chi connectivity index (χ2v) is 3.10. The molecule has 0 spiro atoms. The summed E-state index contributed by atoms with van der Waals surface area (Å²) in [5.41, 5.74) is 1.10. The minimum atomic E-state index is -0.0880. The molecule has 0 fully saturated rings. The molecule has 1 rings (SSSR count).